The van der Waals surface area contributed by atoms with E-state index in [1.54, 1.807) is 10.8 Å². The van der Waals surface area contributed by atoms with E-state index >= 15 is 0 Å². The van der Waals surface area contributed by atoms with E-state index in [0.717, 1.165) is 5.56 Å². The molecule has 1 rings (SSSR count). The van der Waals surface area contributed by atoms with Gasteiger partial charge in [0.2, 0.25) is 0 Å². The lowest BCUT2D eigenvalue weighted by Gasteiger charge is -2.00. The molecule has 80 valence electrons. The third kappa shape index (κ3) is 3.00. The van der Waals surface area contributed by atoms with Gasteiger partial charge in [-0.15, -0.1) is 24.4 Å². The Morgan fingerprint density at radius 2 is 2.27 bits per heavy atom. The molecule has 1 aromatic heterocycles. The van der Waals surface area contributed by atoms with Gasteiger partial charge in [0.1, 0.15) is 4.24 Å². The Kier molecular flexibility index (Phi) is 4.23. The number of primary amides is 1. The Bertz CT molecular complexity index is 416. The van der Waals surface area contributed by atoms with Crippen LogP contribution in [0, 0.1) is 6.92 Å². The smallest absolute Gasteiger partial charge is 0.315 e. The third-order valence-corrected chi connectivity index (χ3v) is 3.18. The first-order valence-corrected chi connectivity index (χ1v) is 5.98. The fraction of sp³-hybridized carbons (Fsp3) is 0.200. The maximum Gasteiger partial charge on any atom is 0.315 e. The van der Waals surface area contributed by atoms with Gasteiger partial charge in [-0.05, 0) is 19.2 Å². The average molecular weight is 241 g/mol. The van der Waals surface area contributed by atoms with Crippen molar-refractivity contribution >= 4 is 36.0 Å². The van der Waals surface area contributed by atoms with Crippen LogP contribution in [-0.4, -0.2) is 12.2 Å². The van der Waals surface area contributed by atoms with Crippen LogP contribution in [0.4, 0.5) is 0 Å². The Labute approximate surface area is 98.8 Å². The van der Waals surface area contributed by atoms with Crippen molar-refractivity contribution in [3.8, 4) is 0 Å². The van der Waals surface area contributed by atoms with Crippen LogP contribution >= 0.6 is 24.4 Å². The summed E-state index contributed by atoms with van der Waals surface area (Å²) in [6, 6.07) is 3.81. The maximum atomic E-state index is 11.3. The van der Waals surface area contributed by atoms with E-state index in [1.807, 2.05) is 31.5 Å². The van der Waals surface area contributed by atoms with Crippen molar-refractivity contribution in [1.29, 1.82) is 0 Å². The number of amides is 1. The second kappa shape index (κ2) is 5.23. The summed E-state index contributed by atoms with van der Waals surface area (Å²) in [5, 5.41) is 0. The van der Waals surface area contributed by atoms with Crippen molar-refractivity contribution in [2.24, 2.45) is 5.73 Å². The van der Waals surface area contributed by atoms with Gasteiger partial charge in [0.15, 0.2) is 12.4 Å². The number of aryl methyl sites for hydroxylation is 1. The molecule has 0 bridgehead atoms. The predicted molar refractivity (Wildman–Crippen MR) is 66.3 cm³/mol. The second-order valence-corrected chi connectivity index (χ2v) is 4.58. The summed E-state index contributed by atoms with van der Waals surface area (Å²) in [5.74, 6) is -0.482. The molecule has 2 N–H and O–H groups in total. The third-order valence-electron chi connectivity index (χ3n) is 1.84. The number of hydrogen-bond donors (Lipinski definition) is 2. The number of pyridine rings is 1. The van der Waals surface area contributed by atoms with Gasteiger partial charge < -0.3 is 5.73 Å². The molecule has 1 amide bonds. The van der Waals surface area contributed by atoms with Crippen molar-refractivity contribution in [2.45, 2.75) is 6.92 Å². The molecule has 0 aromatic carbocycles. The topological polar surface area (TPSA) is 47.0 Å². The highest BCUT2D eigenvalue weighted by Crippen LogP contribution is 2.20. The first-order valence-electron chi connectivity index (χ1n) is 4.31. The molecule has 1 aromatic rings. The van der Waals surface area contributed by atoms with Gasteiger partial charge >= 0.3 is 5.91 Å². The zero-order valence-electron chi connectivity index (χ0n) is 8.60. The summed E-state index contributed by atoms with van der Waals surface area (Å²) >= 11 is 5.61. The molecule has 0 aliphatic rings. The monoisotopic (exact) mass is 241 g/mol. The minimum Gasteiger partial charge on any atom is -0.360 e. The van der Waals surface area contributed by atoms with Crippen LogP contribution in [0.25, 0.3) is 5.70 Å². The van der Waals surface area contributed by atoms with Gasteiger partial charge in [-0.3, -0.25) is 4.79 Å². The molecule has 0 saturated carbocycles. The van der Waals surface area contributed by atoms with Gasteiger partial charge in [0.05, 0.1) is 0 Å². The highest BCUT2D eigenvalue weighted by molar-refractivity contribution is 8.15. The quantitative estimate of drug-likeness (QED) is 0.474. The molecular weight excluding hydrogens is 228 g/mol. The Morgan fingerprint density at radius 1 is 1.60 bits per heavy atom. The lowest BCUT2D eigenvalue weighted by atomic mass is 10.3. The van der Waals surface area contributed by atoms with Crippen LogP contribution in [0.15, 0.2) is 28.8 Å². The minimum atomic E-state index is -0.482. The van der Waals surface area contributed by atoms with Crippen molar-refractivity contribution in [3.63, 3.8) is 0 Å². The number of nitrogens with zero attached hydrogens (tertiary/aromatic N) is 1. The molecule has 0 atom stereocenters. The number of nitrogens with two attached hydrogens (primary N) is 1. The van der Waals surface area contributed by atoms with Gasteiger partial charge in [-0.1, -0.05) is 0 Å². The van der Waals surface area contributed by atoms with Crippen LogP contribution in [0.3, 0.4) is 0 Å². The van der Waals surface area contributed by atoms with Gasteiger partial charge in [0, 0.05) is 11.6 Å². The zero-order chi connectivity index (χ0) is 11.4. The number of hydrogen-bond acceptors (Lipinski definition) is 3. The van der Waals surface area contributed by atoms with Gasteiger partial charge in [-0.2, -0.15) is 4.57 Å². The molecule has 3 nitrogen and oxygen atoms in total. The summed E-state index contributed by atoms with van der Waals surface area (Å²) in [6.45, 7) is 1.95. The summed E-state index contributed by atoms with van der Waals surface area (Å²) in [4.78, 5) is 11.3. The van der Waals surface area contributed by atoms with E-state index in [-0.39, 0.29) is 0 Å². The molecule has 5 heteroatoms. The molecule has 0 unspecified atom stereocenters. The lowest BCUT2D eigenvalue weighted by Crippen LogP contribution is -2.39. The van der Waals surface area contributed by atoms with Crippen molar-refractivity contribution < 1.29 is 9.36 Å². The number of carbonyl (C=O) groups is 1. The van der Waals surface area contributed by atoms with Crippen LogP contribution in [0.1, 0.15) is 5.56 Å². The molecule has 0 fully saturated rings. The van der Waals surface area contributed by atoms with Crippen LogP contribution < -0.4 is 10.3 Å². The van der Waals surface area contributed by atoms with Crippen LogP contribution in [0.2, 0.25) is 0 Å². The molecule has 15 heavy (non-hydrogen) atoms. The maximum absolute atomic E-state index is 11.3. The molecule has 1 heterocycles. The summed E-state index contributed by atoms with van der Waals surface area (Å²) in [5.41, 5.74) is 6.77. The number of rotatable bonds is 3. The average Bonchev–Trinajstić information content (AvgIpc) is 2.17. The fourth-order valence-electron chi connectivity index (χ4n) is 1.17. The van der Waals surface area contributed by atoms with Crippen molar-refractivity contribution in [2.75, 3.05) is 6.26 Å². The molecular formula is C10H13N2OS2+. The molecule has 0 spiro atoms. The van der Waals surface area contributed by atoms with E-state index in [2.05, 4.69) is 12.6 Å². The van der Waals surface area contributed by atoms with E-state index in [9.17, 15) is 4.79 Å². The van der Waals surface area contributed by atoms with E-state index in [4.69, 9.17) is 5.73 Å². The number of carbonyl (C=O) groups excluding carboxylic acids is 1. The standard InChI is InChI=1S/C10H12N2OS2/c1-7-4-3-5-12(6-7)8(9(11)13)10(14)15-2/h3-6H,1-2H3,(H2-,11,13,14)/p+1. The minimum absolute atomic E-state index is 0.398. The van der Waals surface area contributed by atoms with E-state index < -0.39 is 5.91 Å². The molecule has 0 aliphatic carbocycles. The van der Waals surface area contributed by atoms with Crippen LogP contribution in [-0.2, 0) is 4.79 Å². The molecule has 0 radical (unpaired) electrons. The first kappa shape index (κ1) is 12.1. The summed E-state index contributed by atoms with van der Waals surface area (Å²) in [7, 11) is 0. The Morgan fingerprint density at radius 3 is 2.73 bits per heavy atom. The summed E-state index contributed by atoms with van der Waals surface area (Å²) in [6.07, 6.45) is 5.47. The van der Waals surface area contributed by atoms with Gasteiger partial charge in [-0.25, -0.2) is 0 Å². The Hall–Kier alpha value is -0.940. The number of thioether (sulfide) groups is 1. The number of aromatic nitrogens is 1. The molecule has 0 aliphatic heterocycles. The normalized spacial score (nSPS) is 12.2. The van der Waals surface area contributed by atoms with E-state index in [0.29, 0.717) is 9.93 Å². The zero-order valence-corrected chi connectivity index (χ0v) is 10.3. The van der Waals surface area contributed by atoms with Crippen molar-refractivity contribution in [3.05, 3.63) is 34.3 Å². The lowest BCUT2D eigenvalue weighted by molar-refractivity contribution is -0.577. The second-order valence-electron chi connectivity index (χ2n) is 3.01. The van der Waals surface area contributed by atoms with E-state index in [1.165, 1.54) is 11.8 Å². The predicted octanol–water partition coefficient (Wildman–Crippen LogP) is 1.19. The largest absolute Gasteiger partial charge is 0.360 e. The Balaban J connectivity index is 3.29. The first-order chi connectivity index (χ1) is 7.06. The van der Waals surface area contributed by atoms with Gasteiger partial charge in [0.25, 0.3) is 5.70 Å². The fourth-order valence-corrected chi connectivity index (χ4v) is 1.80. The van der Waals surface area contributed by atoms with Crippen LogP contribution in [0.5, 0.6) is 0 Å². The highest BCUT2D eigenvalue weighted by atomic mass is 32.2. The highest BCUT2D eigenvalue weighted by Gasteiger charge is 2.20. The molecule has 0 saturated heterocycles. The SMILES string of the molecule is CS/C(S)=C(/C(N)=O)[n+]1cccc(C)c1. The summed E-state index contributed by atoms with van der Waals surface area (Å²) < 4.78 is 2.30. The van der Waals surface area contributed by atoms with Crippen molar-refractivity contribution in [1.82, 2.24) is 0 Å². The number of thiol groups is 1.